The Morgan fingerprint density at radius 3 is 2.68 bits per heavy atom. The van der Waals surface area contributed by atoms with Gasteiger partial charge in [-0.1, -0.05) is 0 Å². The SMILES string of the molecule is Cc1cc(C#N)ccc1S(=O)(=O)NCCNC1CC1. The second kappa shape index (κ2) is 5.70. The Morgan fingerprint density at radius 2 is 2.11 bits per heavy atom. The maximum absolute atomic E-state index is 12.1. The van der Waals surface area contributed by atoms with E-state index >= 15 is 0 Å². The summed E-state index contributed by atoms with van der Waals surface area (Å²) >= 11 is 0. The lowest BCUT2D eigenvalue weighted by molar-refractivity contribution is 0.575. The van der Waals surface area contributed by atoms with E-state index in [0.717, 1.165) is 0 Å². The number of benzene rings is 1. The molecule has 0 aromatic heterocycles. The van der Waals surface area contributed by atoms with E-state index in [4.69, 9.17) is 5.26 Å². The number of nitrogens with one attached hydrogen (secondary N) is 2. The molecular formula is C13H17N3O2S. The standard InChI is InChI=1S/C13H17N3O2S/c1-10-8-11(9-14)2-5-13(10)19(17,18)16-7-6-15-12-3-4-12/h2,5,8,12,15-16H,3-4,6-7H2,1H3. The van der Waals surface area contributed by atoms with Gasteiger partial charge in [-0.3, -0.25) is 0 Å². The number of hydrogen-bond acceptors (Lipinski definition) is 4. The topological polar surface area (TPSA) is 82.0 Å². The molecule has 1 aromatic rings. The van der Waals surface area contributed by atoms with E-state index in [2.05, 4.69) is 10.0 Å². The summed E-state index contributed by atoms with van der Waals surface area (Å²) in [6.07, 6.45) is 2.36. The van der Waals surface area contributed by atoms with Crippen LogP contribution >= 0.6 is 0 Å². The van der Waals surface area contributed by atoms with E-state index in [0.29, 0.717) is 30.3 Å². The van der Waals surface area contributed by atoms with Gasteiger partial charge in [0.15, 0.2) is 0 Å². The summed E-state index contributed by atoms with van der Waals surface area (Å²) < 4.78 is 26.7. The van der Waals surface area contributed by atoms with E-state index in [1.807, 2.05) is 6.07 Å². The van der Waals surface area contributed by atoms with Crippen molar-refractivity contribution in [1.29, 1.82) is 5.26 Å². The molecule has 0 saturated heterocycles. The fourth-order valence-electron chi connectivity index (χ4n) is 1.85. The third-order valence-corrected chi connectivity index (χ3v) is 4.64. The summed E-state index contributed by atoms with van der Waals surface area (Å²) in [6, 6.07) is 7.14. The molecule has 0 aliphatic heterocycles. The van der Waals surface area contributed by atoms with Crippen molar-refractivity contribution in [3.05, 3.63) is 29.3 Å². The van der Waals surface area contributed by atoms with Gasteiger partial charge in [0.2, 0.25) is 10.0 Å². The highest BCUT2D eigenvalue weighted by Gasteiger charge is 2.20. The van der Waals surface area contributed by atoms with Crippen molar-refractivity contribution >= 4 is 10.0 Å². The number of nitriles is 1. The normalized spacial score (nSPS) is 15.2. The maximum atomic E-state index is 12.1. The van der Waals surface area contributed by atoms with Crippen LogP contribution in [0.5, 0.6) is 0 Å². The van der Waals surface area contributed by atoms with Gasteiger partial charge in [0.05, 0.1) is 16.5 Å². The van der Waals surface area contributed by atoms with Crippen LogP contribution in [0.3, 0.4) is 0 Å². The Bertz CT molecular complexity index is 601. The fourth-order valence-corrected chi connectivity index (χ4v) is 3.10. The lowest BCUT2D eigenvalue weighted by Gasteiger charge is -2.09. The molecule has 1 aliphatic carbocycles. The minimum Gasteiger partial charge on any atom is -0.313 e. The molecule has 2 N–H and O–H groups in total. The summed E-state index contributed by atoms with van der Waals surface area (Å²) in [5.74, 6) is 0. The molecule has 0 unspecified atom stereocenters. The zero-order valence-electron chi connectivity index (χ0n) is 10.8. The molecule has 0 atom stereocenters. The Balaban J connectivity index is 1.99. The van der Waals surface area contributed by atoms with Crippen LogP contribution in [0.4, 0.5) is 0 Å². The second-order valence-electron chi connectivity index (χ2n) is 4.72. The van der Waals surface area contributed by atoms with E-state index in [-0.39, 0.29) is 4.90 Å². The molecule has 6 heteroatoms. The Labute approximate surface area is 113 Å². The average Bonchev–Trinajstić information content (AvgIpc) is 3.18. The summed E-state index contributed by atoms with van der Waals surface area (Å²) in [5, 5.41) is 12.0. The quantitative estimate of drug-likeness (QED) is 0.758. The van der Waals surface area contributed by atoms with Crippen LogP contribution < -0.4 is 10.0 Å². The van der Waals surface area contributed by atoms with E-state index in [1.54, 1.807) is 13.0 Å². The first-order valence-electron chi connectivity index (χ1n) is 6.27. The lowest BCUT2D eigenvalue weighted by Crippen LogP contribution is -2.33. The van der Waals surface area contributed by atoms with Crippen LogP contribution in [0.25, 0.3) is 0 Å². The Kier molecular flexibility index (Phi) is 4.20. The molecule has 0 radical (unpaired) electrons. The molecule has 5 nitrogen and oxygen atoms in total. The van der Waals surface area contributed by atoms with E-state index in [9.17, 15) is 8.42 Å². The molecule has 1 saturated carbocycles. The Hall–Kier alpha value is -1.42. The van der Waals surface area contributed by atoms with E-state index in [1.165, 1.54) is 25.0 Å². The lowest BCUT2D eigenvalue weighted by atomic mass is 10.2. The van der Waals surface area contributed by atoms with Gasteiger partial charge < -0.3 is 5.32 Å². The molecule has 1 aliphatic rings. The van der Waals surface area contributed by atoms with Crippen molar-refractivity contribution in [2.45, 2.75) is 30.7 Å². The highest BCUT2D eigenvalue weighted by molar-refractivity contribution is 7.89. The van der Waals surface area contributed by atoms with Crippen molar-refractivity contribution in [2.24, 2.45) is 0 Å². The Morgan fingerprint density at radius 1 is 1.37 bits per heavy atom. The number of hydrogen-bond donors (Lipinski definition) is 2. The van der Waals surface area contributed by atoms with Gasteiger partial charge in [0.25, 0.3) is 0 Å². The fraction of sp³-hybridized carbons (Fsp3) is 0.462. The van der Waals surface area contributed by atoms with Crippen molar-refractivity contribution in [1.82, 2.24) is 10.0 Å². The molecular weight excluding hydrogens is 262 g/mol. The molecule has 19 heavy (non-hydrogen) atoms. The van der Waals surface area contributed by atoms with Crippen LogP contribution in [0.2, 0.25) is 0 Å². The van der Waals surface area contributed by atoms with Crippen LogP contribution in [0.15, 0.2) is 23.1 Å². The minimum atomic E-state index is -3.49. The number of nitrogens with zero attached hydrogens (tertiary/aromatic N) is 1. The van der Waals surface area contributed by atoms with Crippen LogP contribution in [-0.4, -0.2) is 27.5 Å². The number of aryl methyl sites for hydroxylation is 1. The average molecular weight is 279 g/mol. The summed E-state index contributed by atoms with van der Waals surface area (Å²) in [6.45, 7) is 2.70. The molecule has 2 rings (SSSR count). The second-order valence-corrected chi connectivity index (χ2v) is 6.45. The first kappa shape index (κ1) is 14.0. The molecule has 0 amide bonds. The van der Waals surface area contributed by atoms with Crippen molar-refractivity contribution in [2.75, 3.05) is 13.1 Å². The number of sulfonamides is 1. The van der Waals surface area contributed by atoms with Crippen molar-refractivity contribution in [3.63, 3.8) is 0 Å². The zero-order valence-corrected chi connectivity index (χ0v) is 11.6. The van der Waals surface area contributed by atoms with Gasteiger partial charge in [0.1, 0.15) is 0 Å². The monoisotopic (exact) mass is 279 g/mol. The molecule has 0 heterocycles. The minimum absolute atomic E-state index is 0.234. The van der Waals surface area contributed by atoms with Crippen LogP contribution in [0.1, 0.15) is 24.0 Å². The van der Waals surface area contributed by atoms with Gasteiger partial charge in [-0.2, -0.15) is 5.26 Å². The van der Waals surface area contributed by atoms with Crippen LogP contribution in [-0.2, 0) is 10.0 Å². The summed E-state index contributed by atoms with van der Waals surface area (Å²) in [4.78, 5) is 0.234. The van der Waals surface area contributed by atoms with Gasteiger partial charge in [-0.15, -0.1) is 0 Å². The van der Waals surface area contributed by atoms with Gasteiger partial charge in [-0.25, -0.2) is 13.1 Å². The van der Waals surface area contributed by atoms with Gasteiger partial charge >= 0.3 is 0 Å². The highest BCUT2D eigenvalue weighted by atomic mass is 32.2. The first-order valence-corrected chi connectivity index (χ1v) is 7.75. The van der Waals surface area contributed by atoms with E-state index < -0.39 is 10.0 Å². The molecule has 1 fully saturated rings. The van der Waals surface area contributed by atoms with Gasteiger partial charge in [0, 0.05) is 19.1 Å². The number of rotatable bonds is 6. The predicted octanol–water partition coefficient (Wildman–Crippen LogP) is 0.897. The van der Waals surface area contributed by atoms with Gasteiger partial charge in [-0.05, 0) is 43.5 Å². The smallest absolute Gasteiger partial charge is 0.240 e. The largest absolute Gasteiger partial charge is 0.313 e. The van der Waals surface area contributed by atoms with Crippen LogP contribution in [0, 0.1) is 18.3 Å². The third-order valence-electron chi connectivity index (χ3n) is 3.02. The molecule has 1 aromatic carbocycles. The highest BCUT2D eigenvalue weighted by Crippen LogP contribution is 2.18. The maximum Gasteiger partial charge on any atom is 0.240 e. The van der Waals surface area contributed by atoms with Crippen molar-refractivity contribution < 1.29 is 8.42 Å². The molecule has 0 bridgehead atoms. The molecule has 102 valence electrons. The first-order chi connectivity index (χ1) is 9.03. The molecule has 0 spiro atoms. The zero-order chi connectivity index (χ0) is 13.9. The summed E-state index contributed by atoms with van der Waals surface area (Å²) in [7, 11) is -3.49. The summed E-state index contributed by atoms with van der Waals surface area (Å²) in [5.41, 5.74) is 1.05. The van der Waals surface area contributed by atoms with Crippen molar-refractivity contribution in [3.8, 4) is 6.07 Å². The third kappa shape index (κ3) is 3.77. The predicted molar refractivity (Wildman–Crippen MR) is 72.1 cm³/mol.